The van der Waals surface area contributed by atoms with Crippen LogP contribution in [0.25, 0.3) is 17.3 Å². The van der Waals surface area contributed by atoms with Gasteiger partial charge in [-0.05, 0) is 51.1 Å². The molecule has 1 rings (SSSR count). The first-order valence-electron chi connectivity index (χ1n) is 6.92. The lowest BCUT2D eigenvalue weighted by Gasteiger charge is -2.16. The Kier molecular flexibility index (Phi) is 6.60. The number of hydrogen-bond donors (Lipinski definition) is 0. The molecule has 21 heavy (non-hydrogen) atoms. The minimum atomic E-state index is 0.801. The molecule has 0 atom stereocenters. The Morgan fingerprint density at radius 1 is 0.714 bits per heavy atom. The van der Waals surface area contributed by atoms with Crippen LogP contribution in [0, 0.1) is 0 Å². The highest BCUT2D eigenvalue weighted by Gasteiger charge is 2.14. The molecule has 0 aliphatic carbocycles. The second kappa shape index (κ2) is 8.20. The molecule has 0 radical (unpaired) electrons. The molecule has 0 heterocycles. The average molecular weight is 288 g/mol. The molecular formula is C18H24O3. The molecule has 0 amide bonds. The van der Waals surface area contributed by atoms with Gasteiger partial charge in [0, 0.05) is 16.7 Å². The standard InChI is InChI=1S/C18H24O3/c1-7-16(19-4)13-10-11-14(17(8-2)20-5)15(12-13)18(9-3)21-6/h7-12H,1-6H3. The third-order valence-electron chi connectivity index (χ3n) is 3.28. The highest BCUT2D eigenvalue weighted by atomic mass is 16.5. The van der Waals surface area contributed by atoms with Gasteiger partial charge < -0.3 is 14.2 Å². The summed E-state index contributed by atoms with van der Waals surface area (Å²) in [5, 5.41) is 0. The van der Waals surface area contributed by atoms with Gasteiger partial charge in [-0.1, -0.05) is 6.07 Å². The molecular weight excluding hydrogens is 264 g/mol. The smallest absolute Gasteiger partial charge is 0.122 e. The van der Waals surface area contributed by atoms with E-state index in [1.54, 1.807) is 21.3 Å². The van der Waals surface area contributed by atoms with Gasteiger partial charge in [0.2, 0.25) is 0 Å². The monoisotopic (exact) mass is 288 g/mol. The number of ether oxygens (including phenoxy) is 3. The van der Waals surface area contributed by atoms with Gasteiger partial charge in [-0.3, -0.25) is 0 Å². The second-order valence-electron chi connectivity index (χ2n) is 4.33. The fourth-order valence-corrected chi connectivity index (χ4v) is 2.29. The van der Waals surface area contributed by atoms with E-state index in [0.717, 1.165) is 34.0 Å². The summed E-state index contributed by atoms with van der Waals surface area (Å²) in [5.41, 5.74) is 2.97. The Morgan fingerprint density at radius 2 is 1.19 bits per heavy atom. The minimum Gasteiger partial charge on any atom is -0.496 e. The van der Waals surface area contributed by atoms with Gasteiger partial charge in [0.15, 0.2) is 0 Å². The fraction of sp³-hybridized carbons (Fsp3) is 0.333. The van der Waals surface area contributed by atoms with E-state index in [-0.39, 0.29) is 0 Å². The normalized spacial score (nSPS) is 13.1. The van der Waals surface area contributed by atoms with Crippen LogP contribution < -0.4 is 0 Å². The van der Waals surface area contributed by atoms with Crippen molar-refractivity contribution in [2.45, 2.75) is 20.8 Å². The quantitative estimate of drug-likeness (QED) is 0.710. The highest BCUT2D eigenvalue weighted by Crippen LogP contribution is 2.30. The van der Waals surface area contributed by atoms with Crippen molar-refractivity contribution in [2.24, 2.45) is 0 Å². The van der Waals surface area contributed by atoms with E-state index in [1.165, 1.54) is 0 Å². The molecule has 0 saturated heterocycles. The molecule has 1 aromatic rings. The maximum absolute atomic E-state index is 5.49. The third kappa shape index (κ3) is 3.69. The van der Waals surface area contributed by atoms with E-state index >= 15 is 0 Å². The second-order valence-corrected chi connectivity index (χ2v) is 4.33. The van der Waals surface area contributed by atoms with Crippen LogP contribution in [0.2, 0.25) is 0 Å². The van der Waals surface area contributed by atoms with Crippen molar-refractivity contribution in [3.8, 4) is 0 Å². The zero-order chi connectivity index (χ0) is 15.8. The Bertz CT molecular complexity index is 566. The van der Waals surface area contributed by atoms with Crippen LogP contribution in [0.15, 0.2) is 36.4 Å². The number of allylic oxidation sites excluding steroid dienone is 3. The number of hydrogen-bond acceptors (Lipinski definition) is 3. The van der Waals surface area contributed by atoms with E-state index in [9.17, 15) is 0 Å². The molecule has 3 nitrogen and oxygen atoms in total. The molecule has 0 N–H and O–H groups in total. The molecule has 0 aliphatic heterocycles. The largest absolute Gasteiger partial charge is 0.496 e. The van der Waals surface area contributed by atoms with Crippen LogP contribution in [0.3, 0.4) is 0 Å². The van der Waals surface area contributed by atoms with Gasteiger partial charge >= 0.3 is 0 Å². The molecule has 0 aliphatic rings. The molecule has 3 heteroatoms. The molecule has 0 fully saturated rings. The maximum atomic E-state index is 5.49. The van der Waals surface area contributed by atoms with Gasteiger partial charge in [0.05, 0.1) is 21.3 Å². The van der Waals surface area contributed by atoms with Crippen molar-refractivity contribution in [3.05, 3.63) is 53.1 Å². The summed E-state index contributed by atoms with van der Waals surface area (Å²) in [6, 6.07) is 6.09. The van der Waals surface area contributed by atoms with E-state index in [4.69, 9.17) is 14.2 Å². The fourth-order valence-electron chi connectivity index (χ4n) is 2.29. The van der Waals surface area contributed by atoms with Gasteiger partial charge in [-0.25, -0.2) is 0 Å². The first kappa shape index (κ1) is 16.9. The summed E-state index contributed by atoms with van der Waals surface area (Å²) in [5.74, 6) is 2.44. The van der Waals surface area contributed by atoms with Crippen molar-refractivity contribution >= 4 is 17.3 Å². The van der Waals surface area contributed by atoms with Crippen LogP contribution in [0.5, 0.6) is 0 Å². The molecule has 1 aromatic carbocycles. The van der Waals surface area contributed by atoms with Crippen molar-refractivity contribution in [1.29, 1.82) is 0 Å². The molecule has 0 saturated carbocycles. The number of benzene rings is 1. The molecule has 0 aromatic heterocycles. The lowest BCUT2D eigenvalue weighted by molar-refractivity contribution is 0.361. The third-order valence-corrected chi connectivity index (χ3v) is 3.28. The average Bonchev–Trinajstić information content (AvgIpc) is 2.52. The topological polar surface area (TPSA) is 27.7 Å². The number of rotatable bonds is 6. The lowest BCUT2D eigenvalue weighted by Crippen LogP contribution is -1.99. The van der Waals surface area contributed by atoms with E-state index in [1.807, 2.05) is 51.1 Å². The summed E-state index contributed by atoms with van der Waals surface area (Å²) >= 11 is 0. The van der Waals surface area contributed by atoms with Crippen molar-refractivity contribution in [1.82, 2.24) is 0 Å². The van der Waals surface area contributed by atoms with Crippen LogP contribution in [-0.4, -0.2) is 21.3 Å². The predicted molar refractivity (Wildman–Crippen MR) is 88.4 cm³/mol. The van der Waals surface area contributed by atoms with Crippen LogP contribution >= 0.6 is 0 Å². The van der Waals surface area contributed by atoms with Crippen LogP contribution in [0.4, 0.5) is 0 Å². The summed E-state index contributed by atoms with van der Waals surface area (Å²) in [4.78, 5) is 0. The molecule has 0 unspecified atom stereocenters. The minimum absolute atomic E-state index is 0.801. The van der Waals surface area contributed by atoms with E-state index < -0.39 is 0 Å². The Morgan fingerprint density at radius 3 is 1.62 bits per heavy atom. The maximum Gasteiger partial charge on any atom is 0.122 e. The first-order chi connectivity index (χ1) is 10.2. The van der Waals surface area contributed by atoms with Crippen LogP contribution in [-0.2, 0) is 14.2 Å². The van der Waals surface area contributed by atoms with Gasteiger partial charge in [-0.2, -0.15) is 0 Å². The van der Waals surface area contributed by atoms with Crippen LogP contribution in [0.1, 0.15) is 37.5 Å². The molecule has 0 spiro atoms. The van der Waals surface area contributed by atoms with E-state index in [0.29, 0.717) is 0 Å². The van der Waals surface area contributed by atoms with Gasteiger partial charge in [0.25, 0.3) is 0 Å². The molecule has 0 bridgehead atoms. The van der Waals surface area contributed by atoms with Gasteiger partial charge in [0.1, 0.15) is 17.3 Å². The Labute approximate surface area is 127 Å². The predicted octanol–water partition coefficient (Wildman–Crippen LogP) is 4.71. The van der Waals surface area contributed by atoms with Crippen molar-refractivity contribution < 1.29 is 14.2 Å². The Balaban J connectivity index is 3.54. The summed E-state index contributed by atoms with van der Waals surface area (Å²) in [6.45, 7) is 5.85. The summed E-state index contributed by atoms with van der Waals surface area (Å²) in [6.07, 6.45) is 5.82. The number of methoxy groups -OCH3 is 3. The summed E-state index contributed by atoms with van der Waals surface area (Å²) < 4.78 is 16.3. The zero-order valence-corrected chi connectivity index (χ0v) is 13.7. The van der Waals surface area contributed by atoms with Gasteiger partial charge in [-0.15, -0.1) is 0 Å². The molecule has 114 valence electrons. The van der Waals surface area contributed by atoms with Crippen molar-refractivity contribution in [3.63, 3.8) is 0 Å². The van der Waals surface area contributed by atoms with E-state index in [2.05, 4.69) is 6.07 Å². The lowest BCUT2D eigenvalue weighted by atomic mass is 9.99. The first-order valence-corrected chi connectivity index (χ1v) is 6.92. The summed E-state index contributed by atoms with van der Waals surface area (Å²) in [7, 11) is 5.00. The SMILES string of the molecule is CC=C(OC)c1ccc(C(=CC)OC)c(C(=CC)OC)c1. The Hall–Kier alpha value is -2.16. The highest BCUT2D eigenvalue weighted by molar-refractivity contribution is 5.77. The zero-order valence-electron chi connectivity index (χ0n) is 13.7. The van der Waals surface area contributed by atoms with Crippen molar-refractivity contribution in [2.75, 3.05) is 21.3 Å².